The molecule has 0 rings (SSSR count). The zero-order valence-electron chi connectivity index (χ0n) is 35.0. The SMILES string of the molecule is CCCCCCCCCCCC/C=C\CCC(=O)OCC(COP(=O)(O)OCC[N+](C)(C)C)OC(=O)CC/C=C\CCCCCCCCCCCCC. The third-order valence-electron chi connectivity index (χ3n) is 9.23. The number of hydrogen-bond acceptors (Lipinski definition) is 7. The molecule has 53 heavy (non-hydrogen) atoms. The third-order valence-corrected chi connectivity index (χ3v) is 10.2. The maximum Gasteiger partial charge on any atom is 0.472 e. The second kappa shape index (κ2) is 36.1. The van der Waals surface area contributed by atoms with Crippen LogP contribution in [0.1, 0.15) is 187 Å². The lowest BCUT2D eigenvalue weighted by atomic mass is 10.1. The van der Waals surface area contributed by atoms with E-state index in [-0.39, 0.29) is 26.1 Å². The van der Waals surface area contributed by atoms with Crippen molar-refractivity contribution in [3.63, 3.8) is 0 Å². The first kappa shape index (κ1) is 51.5. The van der Waals surface area contributed by atoms with Gasteiger partial charge in [-0.2, -0.15) is 0 Å². The topological polar surface area (TPSA) is 108 Å². The van der Waals surface area contributed by atoms with Gasteiger partial charge in [-0.1, -0.05) is 160 Å². The van der Waals surface area contributed by atoms with E-state index in [0.29, 0.717) is 23.9 Å². The molecule has 0 spiro atoms. The summed E-state index contributed by atoms with van der Waals surface area (Å²) >= 11 is 0. The molecule has 0 aromatic carbocycles. The number of likely N-dealkylation sites (N-methyl/N-ethyl adjacent to an activating group) is 1. The van der Waals surface area contributed by atoms with E-state index in [9.17, 15) is 19.0 Å². The van der Waals surface area contributed by atoms with Gasteiger partial charge in [-0.25, -0.2) is 4.57 Å². The van der Waals surface area contributed by atoms with Crippen LogP contribution in [-0.4, -0.2) is 74.9 Å². The van der Waals surface area contributed by atoms with Gasteiger partial charge in [0.2, 0.25) is 0 Å². The molecule has 0 saturated heterocycles. The minimum atomic E-state index is -4.38. The van der Waals surface area contributed by atoms with Crippen LogP contribution in [0.3, 0.4) is 0 Å². The van der Waals surface area contributed by atoms with Crippen molar-refractivity contribution in [1.82, 2.24) is 0 Å². The van der Waals surface area contributed by atoms with Gasteiger partial charge >= 0.3 is 19.8 Å². The molecule has 0 bridgehead atoms. The number of allylic oxidation sites excluding steroid dienone is 4. The summed E-state index contributed by atoms with van der Waals surface area (Å²) < 4.78 is 34.1. The molecule has 0 aliphatic carbocycles. The highest BCUT2D eigenvalue weighted by atomic mass is 31.2. The first-order valence-electron chi connectivity index (χ1n) is 21.6. The number of nitrogens with zero attached hydrogens (tertiary/aromatic N) is 1. The van der Waals surface area contributed by atoms with E-state index in [1.165, 1.54) is 122 Å². The Balaban J connectivity index is 4.45. The summed E-state index contributed by atoms with van der Waals surface area (Å²) in [5, 5.41) is 0. The number of ether oxygens (including phenoxy) is 2. The van der Waals surface area contributed by atoms with Gasteiger partial charge in [-0.05, 0) is 38.5 Å². The van der Waals surface area contributed by atoms with E-state index in [4.69, 9.17) is 18.5 Å². The van der Waals surface area contributed by atoms with Crippen LogP contribution >= 0.6 is 7.82 Å². The highest BCUT2D eigenvalue weighted by molar-refractivity contribution is 7.47. The summed E-state index contributed by atoms with van der Waals surface area (Å²) in [6, 6.07) is 0. The van der Waals surface area contributed by atoms with E-state index in [2.05, 4.69) is 26.0 Å². The van der Waals surface area contributed by atoms with Crippen LogP contribution < -0.4 is 0 Å². The Hall–Kier alpha value is -1.51. The number of phosphoric acid groups is 1. The number of carbonyl (C=O) groups excluding carboxylic acids is 2. The summed E-state index contributed by atoms with van der Waals surface area (Å²) in [5.41, 5.74) is 0. The molecule has 0 aromatic heterocycles. The fourth-order valence-corrected chi connectivity index (χ4v) is 6.56. The second-order valence-electron chi connectivity index (χ2n) is 15.7. The molecule has 1 N–H and O–H groups in total. The van der Waals surface area contributed by atoms with E-state index in [1.807, 2.05) is 33.3 Å². The highest BCUT2D eigenvalue weighted by Gasteiger charge is 2.27. The maximum absolute atomic E-state index is 12.6. The van der Waals surface area contributed by atoms with Gasteiger partial charge in [-0.15, -0.1) is 0 Å². The molecule has 0 aliphatic heterocycles. The molecular formula is C43H83NO8P+. The average molecular weight is 773 g/mol. The van der Waals surface area contributed by atoms with Crippen LogP contribution in [0.15, 0.2) is 24.3 Å². The Morgan fingerprint density at radius 1 is 0.566 bits per heavy atom. The normalized spacial score (nSPS) is 13.8. The predicted octanol–water partition coefficient (Wildman–Crippen LogP) is 12.0. The average Bonchev–Trinajstić information content (AvgIpc) is 3.10. The summed E-state index contributed by atoms with van der Waals surface area (Å²) in [5.74, 6) is -0.908. The fourth-order valence-electron chi connectivity index (χ4n) is 5.81. The van der Waals surface area contributed by atoms with Crippen LogP contribution in [0.2, 0.25) is 0 Å². The van der Waals surface area contributed by atoms with Crippen LogP contribution in [0.25, 0.3) is 0 Å². The van der Waals surface area contributed by atoms with Crippen molar-refractivity contribution < 1.29 is 42.1 Å². The molecule has 0 amide bonds. The number of carbonyl (C=O) groups is 2. The minimum absolute atomic E-state index is 0.0228. The molecule has 2 atom stereocenters. The Kier molecular flexibility index (Phi) is 35.1. The van der Waals surface area contributed by atoms with Crippen molar-refractivity contribution in [2.24, 2.45) is 0 Å². The van der Waals surface area contributed by atoms with E-state index in [1.54, 1.807) is 0 Å². The standard InChI is InChI=1S/C43H82NO8P/c1-6-8-10-12-14-16-18-20-22-24-26-28-30-32-34-36-43(46)52-41(40-51-53(47,48)50-38-37-44(3,4)5)39-49-42(45)35-33-31-29-27-25-23-21-19-17-15-13-11-9-7-2/h29-32,41H,6-28,33-40H2,1-5H3/p+1/b31-29-,32-30-. The van der Waals surface area contributed by atoms with Gasteiger partial charge in [0.25, 0.3) is 0 Å². The Morgan fingerprint density at radius 2 is 0.962 bits per heavy atom. The molecule has 0 saturated carbocycles. The third kappa shape index (κ3) is 40.0. The number of esters is 2. The molecule has 10 heteroatoms. The summed E-state index contributed by atoms with van der Waals surface area (Å²) in [6.45, 7) is 4.34. The molecule has 0 radical (unpaired) electrons. The van der Waals surface area contributed by atoms with Crippen molar-refractivity contribution in [2.45, 2.75) is 193 Å². The molecule has 312 valence electrons. The molecule has 2 unspecified atom stereocenters. The lowest BCUT2D eigenvalue weighted by molar-refractivity contribution is -0.870. The number of rotatable bonds is 39. The van der Waals surface area contributed by atoms with Crippen molar-refractivity contribution >= 4 is 19.8 Å². The fraction of sp³-hybridized carbons (Fsp3) is 0.860. The predicted molar refractivity (Wildman–Crippen MR) is 220 cm³/mol. The van der Waals surface area contributed by atoms with Gasteiger partial charge in [-0.3, -0.25) is 18.6 Å². The van der Waals surface area contributed by atoms with E-state index >= 15 is 0 Å². The summed E-state index contributed by atoms with van der Waals surface area (Å²) in [4.78, 5) is 35.2. The molecule has 0 fully saturated rings. The van der Waals surface area contributed by atoms with Crippen molar-refractivity contribution in [3.05, 3.63) is 24.3 Å². The maximum atomic E-state index is 12.6. The Labute approximate surface area is 326 Å². The molecule has 0 aromatic rings. The second-order valence-corrected chi connectivity index (χ2v) is 17.2. The lowest BCUT2D eigenvalue weighted by Crippen LogP contribution is -2.37. The number of unbranched alkanes of at least 4 members (excludes halogenated alkanes) is 21. The van der Waals surface area contributed by atoms with Crippen molar-refractivity contribution in [3.8, 4) is 0 Å². The quantitative estimate of drug-likeness (QED) is 0.0216. The molecule has 9 nitrogen and oxygen atoms in total. The Bertz CT molecular complexity index is 964. The lowest BCUT2D eigenvalue weighted by Gasteiger charge is -2.24. The monoisotopic (exact) mass is 773 g/mol. The largest absolute Gasteiger partial charge is 0.472 e. The van der Waals surface area contributed by atoms with Crippen LogP contribution in [-0.2, 0) is 32.7 Å². The summed E-state index contributed by atoms with van der Waals surface area (Å²) in [6.07, 6.45) is 38.2. The summed E-state index contributed by atoms with van der Waals surface area (Å²) in [7, 11) is 1.45. The van der Waals surface area contributed by atoms with Gasteiger partial charge in [0, 0.05) is 12.8 Å². The minimum Gasteiger partial charge on any atom is -0.462 e. The van der Waals surface area contributed by atoms with Gasteiger partial charge in [0.1, 0.15) is 19.8 Å². The number of hydrogen-bond donors (Lipinski definition) is 1. The van der Waals surface area contributed by atoms with E-state index in [0.717, 1.165) is 25.7 Å². The zero-order chi connectivity index (χ0) is 39.3. The molecule has 0 heterocycles. The van der Waals surface area contributed by atoms with Crippen LogP contribution in [0.4, 0.5) is 0 Å². The smallest absolute Gasteiger partial charge is 0.462 e. The van der Waals surface area contributed by atoms with E-state index < -0.39 is 32.5 Å². The first-order valence-corrected chi connectivity index (χ1v) is 23.1. The first-order chi connectivity index (χ1) is 25.5. The highest BCUT2D eigenvalue weighted by Crippen LogP contribution is 2.43. The number of phosphoric ester groups is 1. The zero-order valence-corrected chi connectivity index (χ0v) is 35.9. The van der Waals surface area contributed by atoms with Crippen LogP contribution in [0.5, 0.6) is 0 Å². The molecular weight excluding hydrogens is 689 g/mol. The van der Waals surface area contributed by atoms with Gasteiger partial charge in [0.05, 0.1) is 27.7 Å². The van der Waals surface area contributed by atoms with Crippen molar-refractivity contribution in [2.75, 3.05) is 47.5 Å². The number of quaternary nitrogens is 1. The van der Waals surface area contributed by atoms with Crippen molar-refractivity contribution in [1.29, 1.82) is 0 Å². The van der Waals surface area contributed by atoms with Crippen LogP contribution in [0, 0.1) is 0 Å². The molecule has 0 aliphatic rings. The van der Waals surface area contributed by atoms with Gasteiger partial charge < -0.3 is 18.9 Å². The van der Waals surface area contributed by atoms with Gasteiger partial charge in [0.15, 0.2) is 6.10 Å². The Morgan fingerprint density at radius 3 is 1.40 bits per heavy atom.